The lowest BCUT2D eigenvalue weighted by Crippen LogP contribution is -2.49. The van der Waals surface area contributed by atoms with E-state index in [0.717, 1.165) is 16.9 Å². The highest BCUT2D eigenvalue weighted by atomic mass is 32.2. The summed E-state index contributed by atoms with van der Waals surface area (Å²) < 4.78 is 26.5. The van der Waals surface area contributed by atoms with Crippen molar-refractivity contribution in [1.29, 1.82) is 0 Å². The predicted molar refractivity (Wildman–Crippen MR) is 103 cm³/mol. The summed E-state index contributed by atoms with van der Waals surface area (Å²) in [6.07, 6.45) is 1.84. The van der Waals surface area contributed by atoms with Crippen LogP contribution in [0, 0.1) is 0 Å². The van der Waals surface area contributed by atoms with Gasteiger partial charge in [-0.05, 0) is 12.0 Å². The van der Waals surface area contributed by atoms with Crippen LogP contribution in [0.3, 0.4) is 0 Å². The number of carbonyl (C=O) groups is 1. The SMILES string of the molecule is NO.O=C(O)c1cnc(N2CCN(S(=O)(=O)CCc3ccccc3)CC2)s1. The maximum atomic E-state index is 12.5. The maximum absolute atomic E-state index is 12.5. The van der Waals surface area contributed by atoms with Crippen molar-refractivity contribution >= 4 is 32.5 Å². The topological polar surface area (TPSA) is 137 Å². The molecule has 0 atom stereocenters. The zero-order chi connectivity index (χ0) is 19.9. The Kier molecular flexibility index (Phi) is 7.68. The lowest BCUT2D eigenvalue weighted by molar-refractivity contribution is 0.0702. The molecule has 1 aliphatic heterocycles. The van der Waals surface area contributed by atoms with E-state index in [4.69, 9.17) is 10.3 Å². The van der Waals surface area contributed by atoms with E-state index in [-0.39, 0.29) is 10.6 Å². The molecule has 0 saturated carbocycles. The number of anilines is 1. The molecule has 2 aromatic rings. The number of sulfonamides is 1. The Morgan fingerprint density at radius 3 is 2.33 bits per heavy atom. The third kappa shape index (κ3) is 5.71. The maximum Gasteiger partial charge on any atom is 0.347 e. The van der Waals surface area contributed by atoms with Gasteiger partial charge in [0.25, 0.3) is 0 Å². The van der Waals surface area contributed by atoms with Gasteiger partial charge in [0, 0.05) is 26.2 Å². The first-order valence-corrected chi connectivity index (χ1v) is 10.6. The van der Waals surface area contributed by atoms with E-state index in [1.807, 2.05) is 35.2 Å². The first kappa shape index (κ1) is 21.3. The molecule has 0 aliphatic carbocycles. The van der Waals surface area contributed by atoms with Gasteiger partial charge in [0.1, 0.15) is 4.88 Å². The molecule has 0 amide bonds. The molecule has 1 aliphatic rings. The van der Waals surface area contributed by atoms with E-state index in [9.17, 15) is 13.2 Å². The fraction of sp³-hybridized carbons (Fsp3) is 0.375. The quantitative estimate of drug-likeness (QED) is 0.592. The van der Waals surface area contributed by atoms with Crippen LogP contribution in [-0.4, -0.2) is 65.9 Å². The zero-order valence-corrected chi connectivity index (χ0v) is 16.2. The van der Waals surface area contributed by atoms with Gasteiger partial charge < -0.3 is 15.2 Å². The predicted octanol–water partition coefficient (Wildman–Crippen LogP) is 0.870. The van der Waals surface area contributed by atoms with Crippen LogP contribution in [0.1, 0.15) is 15.2 Å². The average molecular weight is 415 g/mol. The summed E-state index contributed by atoms with van der Waals surface area (Å²) in [5.41, 5.74) is 1.01. The smallest absolute Gasteiger partial charge is 0.347 e. The Morgan fingerprint density at radius 1 is 1.15 bits per heavy atom. The van der Waals surface area contributed by atoms with Crippen molar-refractivity contribution in [2.45, 2.75) is 6.42 Å². The highest BCUT2D eigenvalue weighted by molar-refractivity contribution is 7.89. The van der Waals surface area contributed by atoms with Crippen LogP contribution in [0.15, 0.2) is 36.5 Å². The average Bonchev–Trinajstić information content (AvgIpc) is 3.20. The van der Waals surface area contributed by atoms with Gasteiger partial charge in [0.15, 0.2) is 5.13 Å². The number of nitrogens with zero attached hydrogens (tertiary/aromatic N) is 3. The Balaban J connectivity index is 0.00000126. The highest BCUT2D eigenvalue weighted by Crippen LogP contribution is 2.24. The number of aryl methyl sites for hydroxylation is 1. The molecule has 3 rings (SSSR count). The zero-order valence-electron chi connectivity index (χ0n) is 14.6. The third-order valence-electron chi connectivity index (χ3n) is 4.10. The van der Waals surface area contributed by atoms with E-state index >= 15 is 0 Å². The molecular formula is C16H22N4O5S2. The second-order valence-electron chi connectivity index (χ2n) is 5.75. The minimum Gasteiger partial charge on any atom is -0.477 e. The number of hydrogen-bond acceptors (Lipinski definition) is 8. The first-order valence-electron chi connectivity index (χ1n) is 8.17. The molecule has 0 spiro atoms. The Hall–Kier alpha value is -2.05. The number of carboxylic acids is 1. The summed E-state index contributed by atoms with van der Waals surface area (Å²) in [5, 5.41) is 16.1. The van der Waals surface area contributed by atoms with Crippen LogP contribution in [-0.2, 0) is 16.4 Å². The molecule has 1 fully saturated rings. The van der Waals surface area contributed by atoms with Crippen molar-refractivity contribution in [2.75, 3.05) is 36.8 Å². The summed E-state index contributed by atoms with van der Waals surface area (Å²) >= 11 is 1.11. The number of aromatic carboxylic acids is 1. The van der Waals surface area contributed by atoms with Gasteiger partial charge in [-0.1, -0.05) is 41.7 Å². The number of thiazole rings is 1. The van der Waals surface area contributed by atoms with Crippen molar-refractivity contribution in [3.8, 4) is 0 Å². The van der Waals surface area contributed by atoms with Crippen LogP contribution < -0.4 is 10.8 Å². The molecule has 0 radical (unpaired) electrons. The minimum absolute atomic E-state index is 0.0947. The fourth-order valence-corrected chi connectivity index (χ4v) is 4.97. The van der Waals surface area contributed by atoms with Gasteiger partial charge in [-0.25, -0.2) is 24.1 Å². The van der Waals surface area contributed by atoms with Crippen LogP contribution in [0.5, 0.6) is 0 Å². The minimum atomic E-state index is -3.30. The first-order chi connectivity index (χ1) is 13.0. The largest absolute Gasteiger partial charge is 0.477 e. The fourth-order valence-electron chi connectivity index (χ4n) is 2.69. The van der Waals surface area contributed by atoms with E-state index in [0.29, 0.717) is 37.7 Å². The lowest BCUT2D eigenvalue weighted by Gasteiger charge is -2.33. The second kappa shape index (κ2) is 9.76. The van der Waals surface area contributed by atoms with Gasteiger partial charge in [-0.3, -0.25) is 0 Å². The molecule has 4 N–H and O–H groups in total. The molecular weight excluding hydrogens is 392 g/mol. The molecule has 2 heterocycles. The molecule has 27 heavy (non-hydrogen) atoms. The van der Waals surface area contributed by atoms with Crippen molar-refractivity contribution in [2.24, 2.45) is 5.90 Å². The van der Waals surface area contributed by atoms with Gasteiger partial charge in [-0.2, -0.15) is 4.31 Å². The Labute approximate surface area is 161 Å². The molecule has 0 bridgehead atoms. The molecule has 148 valence electrons. The normalized spacial score (nSPS) is 15.1. The summed E-state index contributed by atoms with van der Waals surface area (Å²) in [6.45, 7) is 1.80. The second-order valence-corrected chi connectivity index (χ2v) is 8.85. The number of piperazine rings is 1. The number of rotatable bonds is 6. The van der Waals surface area contributed by atoms with Crippen molar-refractivity contribution < 1.29 is 23.5 Å². The van der Waals surface area contributed by atoms with Crippen LogP contribution >= 0.6 is 11.3 Å². The monoisotopic (exact) mass is 414 g/mol. The Morgan fingerprint density at radius 2 is 1.78 bits per heavy atom. The molecule has 9 nitrogen and oxygen atoms in total. The number of aromatic nitrogens is 1. The van der Waals surface area contributed by atoms with E-state index in [2.05, 4.69) is 10.9 Å². The number of nitrogens with two attached hydrogens (primary N) is 1. The Bertz CT molecular complexity index is 834. The number of benzene rings is 1. The van der Waals surface area contributed by atoms with Gasteiger partial charge >= 0.3 is 5.97 Å². The molecule has 0 unspecified atom stereocenters. The van der Waals surface area contributed by atoms with Crippen molar-refractivity contribution in [3.63, 3.8) is 0 Å². The molecule has 1 aromatic heterocycles. The van der Waals surface area contributed by atoms with E-state index < -0.39 is 16.0 Å². The van der Waals surface area contributed by atoms with E-state index in [1.54, 1.807) is 0 Å². The third-order valence-corrected chi connectivity index (χ3v) is 7.02. The van der Waals surface area contributed by atoms with E-state index in [1.165, 1.54) is 10.5 Å². The van der Waals surface area contributed by atoms with Crippen molar-refractivity contribution in [1.82, 2.24) is 9.29 Å². The standard InChI is InChI=1S/C16H19N3O4S2.H3NO/c20-15(21)14-12-17-16(24-14)18-7-9-19(10-8-18)25(22,23)11-6-13-4-2-1-3-5-13;1-2/h1-5,12H,6-11H2,(H,20,21);2H,1H2. The van der Waals surface area contributed by atoms with Crippen LogP contribution in [0.25, 0.3) is 0 Å². The van der Waals surface area contributed by atoms with Crippen molar-refractivity contribution in [3.05, 3.63) is 47.0 Å². The van der Waals surface area contributed by atoms with Gasteiger partial charge in [0.2, 0.25) is 10.0 Å². The molecule has 11 heteroatoms. The molecule has 1 aromatic carbocycles. The molecule has 1 saturated heterocycles. The summed E-state index contributed by atoms with van der Waals surface area (Å²) in [6, 6.07) is 9.57. The summed E-state index contributed by atoms with van der Waals surface area (Å²) in [7, 11) is -3.30. The number of carboxylic acid groups (broad SMARTS) is 1. The number of hydrogen-bond donors (Lipinski definition) is 3. The summed E-state index contributed by atoms with van der Waals surface area (Å²) in [5.74, 6) is 2.60. The van der Waals surface area contributed by atoms with Crippen LogP contribution in [0.2, 0.25) is 0 Å². The van der Waals surface area contributed by atoms with Gasteiger partial charge in [-0.15, -0.1) is 0 Å². The summed E-state index contributed by atoms with van der Waals surface area (Å²) in [4.78, 5) is 17.2. The van der Waals surface area contributed by atoms with Crippen LogP contribution in [0.4, 0.5) is 5.13 Å². The van der Waals surface area contributed by atoms with Gasteiger partial charge in [0.05, 0.1) is 11.9 Å². The lowest BCUT2D eigenvalue weighted by atomic mass is 10.2. The highest BCUT2D eigenvalue weighted by Gasteiger charge is 2.28.